The van der Waals surface area contributed by atoms with Crippen molar-refractivity contribution >= 4 is 11.9 Å². The summed E-state index contributed by atoms with van der Waals surface area (Å²) in [4.78, 5) is 22.0. The Balaban J connectivity index is 3.93. The molecule has 0 rings (SSSR count). The second kappa shape index (κ2) is 7.20. The lowest BCUT2D eigenvalue weighted by molar-refractivity contribution is -0.174. The maximum Gasteiger partial charge on any atom is 0.411 e. The van der Waals surface area contributed by atoms with E-state index in [4.69, 9.17) is 5.11 Å². The molecule has 0 aliphatic rings. The summed E-state index contributed by atoms with van der Waals surface area (Å²) in [5.41, 5.74) is 0. The van der Waals surface area contributed by atoms with Crippen molar-refractivity contribution < 1.29 is 32.6 Å². The van der Waals surface area contributed by atoms with E-state index in [0.717, 1.165) is 0 Å². The zero-order chi connectivity index (χ0) is 14.3. The van der Waals surface area contributed by atoms with Gasteiger partial charge >= 0.3 is 12.1 Å². The highest BCUT2D eigenvalue weighted by Crippen LogP contribution is 2.14. The van der Waals surface area contributed by atoms with Gasteiger partial charge in [0, 0.05) is 6.42 Å². The van der Waals surface area contributed by atoms with E-state index in [9.17, 15) is 22.8 Å². The van der Waals surface area contributed by atoms with Crippen LogP contribution in [-0.4, -0.2) is 42.4 Å². The molecule has 2 N–H and O–H groups in total. The van der Waals surface area contributed by atoms with Crippen molar-refractivity contribution in [2.75, 3.05) is 13.2 Å². The van der Waals surface area contributed by atoms with E-state index in [1.165, 1.54) is 0 Å². The molecule has 0 saturated heterocycles. The van der Waals surface area contributed by atoms with Crippen molar-refractivity contribution in [1.82, 2.24) is 5.32 Å². The molecule has 0 aliphatic carbocycles. The van der Waals surface area contributed by atoms with Crippen LogP contribution < -0.4 is 5.32 Å². The molecule has 0 spiro atoms. The van der Waals surface area contributed by atoms with Crippen LogP contribution in [0.1, 0.15) is 20.3 Å². The predicted octanol–water partition coefficient (Wildman–Crippen LogP) is 1.18. The first-order valence-corrected chi connectivity index (χ1v) is 5.30. The van der Waals surface area contributed by atoms with Gasteiger partial charge in [0.05, 0.1) is 6.61 Å². The molecule has 0 bridgehead atoms. The maximum atomic E-state index is 11.7. The summed E-state index contributed by atoms with van der Waals surface area (Å²) >= 11 is 0. The monoisotopic (exact) mass is 271 g/mol. The van der Waals surface area contributed by atoms with Gasteiger partial charge < -0.3 is 15.2 Å². The van der Waals surface area contributed by atoms with Gasteiger partial charge in [-0.2, -0.15) is 13.2 Å². The molecule has 0 aromatic carbocycles. The van der Waals surface area contributed by atoms with Crippen molar-refractivity contribution in [2.24, 2.45) is 5.92 Å². The summed E-state index contributed by atoms with van der Waals surface area (Å²) in [5.74, 6) is -2.16. The van der Waals surface area contributed by atoms with Crippen LogP contribution >= 0.6 is 0 Å². The van der Waals surface area contributed by atoms with Gasteiger partial charge in [0.15, 0.2) is 0 Å². The molecule has 0 aliphatic heterocycles. The Morgan fingerprint density at radius 2 is 1.89 bits per heavy atom. The molecule has 0 heterocycles. The number of aliphatic carboxylic acids is 1. The van der Waals surface area contributed by atoms with Crippen molar-refractivity contribution in [2.45, 2.75) is 32.5 Å². The highest BCUT2D eigenvalue weighted by molar-refractivity contribution is 5.83. The van der Waals surface area contributed by atoms with Crippen molar-refractivity contribution in [3.05, 3.63) is 0 Å². The molecular formula is C10H16F3NO4. The van der Waals surface area contributed by atoms with Crippen molar-refractivity contribution in [3.63, 3.8) is 0 Å². The van der Waals surface area contributed by atoms with Crippen LogP contribution in [0.25, 0.3) is 0 Å². The lowest BCUT2D eigenvalue weighted by Gasteiger charge is -2.17. The molecule has 5 nitrogen and oxygen atoms in total. The number of amides is 1. The average molecular weight is 271 g/mol. The summed E-state index contributed by atoms with van der Waals surface area (Å²) in [6.45, 7) is 1.39. The second-order valence-electron chi connectivity index (χ2n) is 4.05. The van der Waals surface area contributed by atoms with E-state index in [-0.39, 0.29) is 12.3 Å². The van der Waals surface area contributed by atoms with E-state index in [2.05, 4.69) is 10.1 Å². The molecule has 8 heteroatoms. The summed E-state index contributed by atoms with van der Waals surface area (Å²) in [7, 11) is 0. The number of carboxylic acids is 1. The third kappa shape index (κ3) is 7.88. The predicted molar refractivity (Wildman–Crippen MR) is 55.9 cm³/mol. The topological polar surface area (TPSA) is 75.6 Å². The highest BCUT2D eigenvalue weighted by atomic mass is 19.4. The molecular weight excluding hydrogens is 255 g/mol. The molecule has 1 unspecified atom stereocenters. The minimum Gasteiger partial charge on any atom is -0.480 e. The van der Waals surface area contributed by atoms with Gasteiger partial charge in [-0.1, -0.05) is 13.8 Å². The zero-order valence-electron chi connectivity index (χ0n) is 10.1. The lowest BCUT2D eigenvalue weighted by Crippen LogP contribution is -2.44. The number of hydrogen-bond donors (Lipinski definition) is 2. The van der Waals surface area contributed by atoms with Crippen molar-refractivity contribution in [1.29, 1.82) is 0 Å². The first-order valence-electron chi connectivity index (χ1n) is 5.30. The van der Waals surface area contributed by atoms with E-state index >= 15 is 0 Å². The smallest absolute Gasteiger partial charge is 0.411 e. The third-order valence-electron chi connectivity index (χ3n) is 1.99. The number of rotatable bonds is 7. The minimum absolute atomic E-state index is 0.313. The van der Waals surface area contributed by atoms with Crippen LogP contribution in [0.3, 0.4) is 0 Å². The summed E-state index contributed by atoms with van der Waals surface area (Å²) in [6, 6.07) is -1.06. The quantitative estimate of drug-likeness (QED) is 0.682. The highest BCUT2D eigenvalue weighted by Gasteiger charge is 2.27. The van der Waals surface area contributed by atoms with Gasteiger partial charge in [-0.25, -0.2) is 4.79 Å². The van der Waals surface area contributed by atoms with Crippen LogP contribution in [-0.2, 0) is 14.3 Å². The Labute approximate surface area is 102 Å². The fourth-order valence-corrected chi connectivity index (χ4v) is 1.11. The van der Waals surface area contributed by atoms with Crippen LogP contribution in [0.15, 0.2) is 0 Å². The van der Waals surface area contributed by atoms with E-state index in [0.29, 0.717) is 0 Å². The Morgan fingerprint density at radius 3 is 2.28 bits per heavy atom. The number of carbonyl (C=O) groups is 2. The Kier molecular flexibility index (Phi) is 6.67. The Hall–Kier alpha value is -1.31. The van der Waals surface area contributed by atoms with Gasteiger partial charge in [-0.05, 0) is 5.92 Å². The number of carbonyl (C=O) groups excluding carboxylic acids is 1. The molecule has 1 atom stereocenters. The molecule has 1 amide bonds. The number of halogens is 3. The number of ether oxygens (including phenoxy) is 1. The number of carboxylic acid groups (broad SMARTS) is 1. The largest absolute Gasteiger partial charge is 0.480 e. The van der Waals surface area contributed by atoms with E-state index < -0.39 is 37.3 Å². The van der Waals surface area contributed by atoms with Gasteiger partial charge in [0.1, 0.15) is 12.6 Å². The fourth-order valence-electron chi connectivity index (χ4n) is 1.11. The average Bonchev–Trinajstić information content (AvgIpc) is 2.18. The molecule has 0 aromatic heterocycles. The maximum absolute atomic E-state index is 11.7. The molecule has 0 aromatic rings. The summed E-state index contributed by atoms with van der Waals surface area (Å²) < 4.78 is 39.3. The normalized spacial score (nSPS) is 13.4. The van der Waals surface area contributed by atoms with Crippen LogP contribution in [0, 0.1) is 5.92 Å². The van der Waals surface area contributed by atoms with Gasteiger partial charge in [0.2, 0.25) is 5.91 Å². The van der Waals surface area contributed by atoms with Crippen LogP contribution in [0.4, 0.5) is 13.2 Å². The van der Waals surface area contributed by atoms with E-state index in [1.54, 1.807) is 13.8 Å². The molecule has 0 fully saturated rings. The Morgan fingerprint density at radius 1 is 1.33 bits per heavy atom. The zero-order valence-corrected chi connectivity index (χ0v) is 10.1. The SMILES string of the molecule is CC(C)C(NC(=O)CCOCC(F)(F)F)C(=O)O. The number of alkyl halides is 3. The third-order valence-corrected chi connectivity index (χ3v) is 1.99. The van der Waals surface area contributed by atoms with Gasteiger partial charge in [0.25, 0.3) is 0 Å². The molecule has 0 saturated carbocycles. The standard InChI is InChI=1S/C10H16F3NO4/c1-6(2)8(9(16)17)14-7(15)3-4-18-5-10(11,12)13/h6,8H,3-5H2,1-2H3,(H,14,15)(H,16,17). The first-order chi connectivity index (χ1) is 8.13. The lowest BCUT2D eigenvalue weighted by atomic mass is 10.0. The van der Waals surface area contributed by atoms with Gasteiger partial charge in [-0.3, -0.25) is 4.79 Å². The first kappa shape index (κ1) is 16.7. The molecule has 18 heavy (non-hydrogen) atoms. The van der Waals surface area contributed by atoms with Gasteiger partial charge in [-0.15, -0.1) is 0 Å². The van der Waals surface area contributed by atoms with Crippen LogP contribution in [0.5, 0.6) is 0 Å². The Bertz CT molecular complexity index is 291. The fraction of sp³-hybridized carbons (Fsp3) is 0.800. The minimum atomic E-state index is -4.43. The summed E-state index contributed by atoms with van der Waals surface area (Å²) in [6.07, 6.45) is -4.75. The van der Waals surface area contributed by atoms with Crippen LogP contribution in [0.2, 0.25) is 0 Å². The second-order valence-corrected chi connectivity index (χ2v) is 4.05. The van der Waals surface area contributed by atoms with E-state index in [1.807, 2.05) is 0 Å². The van der Waals surface area contributed by atoms with Crippen molar-refractivity contribution in [3.8, 4) is 0 Å². The molecule has 106 valence electrons. The number of nitrogens with one attached hydrogen (secondary N) is 1. The molecule has 0 radical (unpaired) electrons. The summed E-state index contributed by atoms with van der Waals surface area (Å²) in [5, 5.41) is 11.0. The number of hydrogen-bond acceptors (Lipinski definition) is 3.